The average molecular weight is 278 g/mol. The van der Waals surface area contributed by atoms with Gasteiger partial charge in [0.2, 0.25) is 10.0 Å². The Hall–Kier alpha value is -0.170. The van der Waals surface area contributed by atoms with Crippen molar-refractivity contribution in [3.8, 4) is 0 Å². The van der Waals surface area contributed by atoms with Crippen molar-refractivity contribution in [3.63, 3.8) is 0 Å². The van der Waals surface area contributed by atoms with Gasteiger partial charge in [0.25, 0.3) is 0 Å². The first kappa shape index (κ1) is 15.9. The Kier molecular flexibility index (Phi) is 5.58. The van der Waals surface area contributed by atoms with E-state index in [2.05, 4.69) is 11.6 Å². The molecule has 0 amide bonds. The fourth-order valence-electron chi connectivity index (χ4n) is 2.64. The SMILES string of the molecule is COC(C)CS(=O)(=O)NC1(CN)CCCCC1C. The summed E-state index contributed by atoms with van der Waals surface area (Å²) >= 11 is 0. The van der Waals surface area contributed by atoms with Crippen molar-refractivity contribution in [2.24, 2.45) is 11.7 Å². The average Bonchev–Trinajstić information content (AvgIpc) is 2.31. The normalized spacial score (nSPS) is 31.2. The first-order valence-electron chi connectivity index (χ1n) is 6.60. The number of sulfonamides is 1. The van der Waals surface area contributed by atoms with Gasteiger partial charge in [0, 0.05) is 19.2 Å². The lowest BCUT2D eigenvalue weighted by atomic mass is 9.74. The Morgan fingerprint density at radius 3 is 2.67 bits per heavy atom. The minimum absolute atomic E-state index is 0.0159. The third kappa shape index (κ3) is 3.91. The summed E-state index contributed by atoms with van der Waals surface area (Å²) in [5, 5.41) is 0. The molecule has 6 heteroatoms. The Morgan fingerprint density at radius 1 is 1.50 bits per heavy atom. The maximum atomic E-state index is 12.1. The number of nitrogens with two attached hydrogens (primary N) is 1. The first-order valence-corrected chi connectivity index (χ1v) is 8.25. The van der Waals surface area contributed by atoms with Crippen LogP contribution in [0.3, 0.4) is 0 Å². The highest BCUT2D eigenvalue weighted by atomic mass is 32.2. The summed E-state index contributed by atoms with van der Waals surface area (Å²) in [5.74, 6) is 0.265. The van der Waals surface area contributed by atoms with Crippen LogP contribution in [0.25, 0.3) is 0 Å². The molecule has 0 radical (unpaired) electrons. The van der Waals surface area contributed by atoms with Gasteiger partial charge < -0.3 is 10.5 Å². The van der Waals surface area contributed by atoms with Crippen LogP contribution in [-0.4, -0.2) is 39.5 Å². The minimum Gasteiger partial charge on any atom is -0.381 e. The van der Waals surface area contributed by atoms with Gasteiger partial charge in [-0.3, -0.25) is 0 Å². The van der Waals surface area contributed by atoms with Crippen molar-refractivity contribution in [1.82, 2.24) is 4.72 Å². The zero-order valence-electron chi connectivity index (χ0n) is 11.6. The smallest absolute Gasteiger partial charge is 0.214 e. The number of rotatable bonds is 6. The molecule has 1 aliphatic rings. The van der Waals surface area contributed by atoms with Crippen LogP contribution >= 0.6 is 0 Å². The van der Waals surface area contributed by atoms with Gasteiger partial charge in [0.05, 0.1) is 11.9 Å². The lowest BCUT2D eigenvalue weighted by Gasteiger charge is -2.42. The van der Waals surface area contributed by atoms with Crippen LogP contribution in [0, 0.1) is 5.92 Å². The monoisotopic (exact) mass is 278 g/mol. The second-order valence-corrected chi connectivity index (χ2v) is 7.20. The van der Waals surface area contributed by atoms with E-state index in [0.717, 1.165) is 25.7 Å². The maximum Gasteiger partial charge on any atom is 0.214 e. The molecule has 0 bridgehead atoms. The second kappa shape index (κ2) is 6.32. The summed E-state index contributed by atoms with van der Waals surface area (Å²) in [7, 11) is -1.84. The molecule has 0 aliphatic heterocycles. The van der Waals surface area contributed by atoms with Crippen molar-refractivity contribution >= 4 is 10.0 Å². The molecular weight excluding hydrogens is 252 g/mol. The van der Waals surface area contributed by atoms with Crippen molar-refractivity contribution in [2.45, 2.75) is 51.2 Å². The highest BCUT2D eigenvalue weighted by molar-refractivity contribution is 7.89. The predicted molar refractivity (Wildman–Crippen MR) is 72.8 cm³/mol. The number of nitrogens with one attached hydrogen (secondary N) is 1. The van der Waals surface area contributed by atoms with E-state index in [0.29, 0.717) is 6.54 Å². The van der Waals surface area contributed by atoms with Crippen LogP contribution in [0.5, 0.6) is 0 Å². The summed E-state index contributed by atoms with van der Waals surface area (Å²) in [6.07, 6.45) is 3.73. The van der Waals surface area contributed by atoms with Crippen LogP contribution in [0.1, 0.15) is 39.5 Å². The van der Waals surface area contributed by atoms with Crippen LogP contribution in [0.4, 0.5) is 0 Å². The van der Waals surface area contributed by atoms with Crippen molar-refractivity contribution in [3.05, 3.63) is 0 Å². The van der Waals surface area contributed by atoms with E-state index in [-0.39, 0.29) is 17.8 Å². The molecule has 108 valence electrons. The molecule has 3 N–H and O–H groups in total. The molecule has 1 fully saturated rings. The number of methoxy groups -OCH3 is 1. The third-order valence-electron chi connectivity index (χ3n) is 4.03. The number of hydrogen-bond acceptors (Lipinski definition) is 4. The number of ether oxygens (including phenoxy) is 1. The second-order valence-electron chi connectivity index (χ2n) is 5.44. The lowest BCUT2D eigenvalue weighted by Crippen LogP contribution is -2.59. The largest absolute Gasteiger partial charge is 0.381 e. The lowest BCUT2D eigenvalue weighted by molar-refractivity contribution is 0.134. The van der Waals surface area contributed by atoms with E-state index in [4.69, 9.17) is 10.5 Å². The fraction of sp³-hybridized carbons (Fsp3) is 1.00. The molecule has 1 rings (SSSR count). The molecule has 18 heavy (non-hydrogen) atoms. The fourth-order valence-corrected chi connectivity index (χ4v) is 4.48. The van der Waals surface area contributed by atoms with E-state index < -0.39 is 15.6 Å². The van der Waals surface area contributed by atoms with Crippen LogP contribution in [0.15, 0.2) is 0 Å². The van der Waals surface area contributed by atoms with Gasteiger partial charge in [-0.25, -0.2) is 13.1 Å². The quantitative estimate of drug-likeness (QED) is 0.754. The van der Waals surface area contributed by atoms with Gasteiger partial charge >= 0.3 is 0 Å². The Morgan fingerprint density at radius 2 is 2.17 bits per heavy atom. The van der Waals surface area contributed by atoms with Gasteiger partial charge in [-0.15, -0.1) is 0 Å². The van der Waals surface area contributed by atoms with Crippen molar-refractivity contribution in [2.75, 3.05) is 19.4 Å². The molecule has 0 saturated heterocycles. The molecule has 1 aliphatic carbocycles. The maximum absolute atomic E-state index is 12.1. The molecule has 0 aromatic rings. The Balaban J connectivity index is 2.78. The van der Waals surface area contributed by atoms with Gasteiger partial charge in [-0.2, -0.15) is 0 Å². The summed E-state index contributed by atoms with van der Waals surface area (Å²) < 4.78 is 32.1. The summed E-state index contributed by atoms with van der Waals surface area (Å²) in [6.45, 7) is 4.18. The molecule has 1 saturated carbocycles. The van der Waals surface area contributed by atoms with E-state index >= 15 is 0 Å². The molecule has 0 aromatic carbocycles. The molecule has 5 nitrogen and oxygen atoms in total. The topological polar surface area (TPSA) is 81.4 Å². The van der Waals surface area contributed by atoms with E-state index in [9.17, 15) is 8.42 Å². The summed E-state index contributed by atoms with van der Waals surface area (Å²) in [4.78, 5) is 0. The summed E-state index contributed by atoms with van der Waals surface area (Å²) in [5.41, 5.74) is 5.37. The standard InChI is InChI=1S/C12H26N2O3S/c1-10-6-4-5-7-12(10,9-13)14-18(15,16)8-11(2)17-3/h10-11,14H,4-9,13H2,1-3H3. The Bertz CT molecular complexity index is 358. The van der Waals surface area contributed by atoms with E-state index in [1.807, 2.05) is 0 Å². The van der Waals surface area contributed by atoms with E-state index in [1.165, 1.54) is 7.11 Å². The molecule has 3 unspecified atom stereocenters. The minimum atomic E-state index is -3.35. The highest BCUT2D eigenvalue weighted by Crippen LogP contribution is 2.33. The summed E-state index contributed by atoms with van der Waals surface area (Å²) in [6, 6.07) is 0. The predicted octanol–water partition coefficient (Wildman–Crippen LogP) is 0.848. The highest BCUT2D eigenvalue weighted by Gasteiger charge is 2.40. The van der Waals surface area contributed by atoms with E-state index in [1.54, 1.807) is 6.92 Å². The van der Waals surface area contributed by atoms with Gasteiger partial charge in [0.1, 0.15) is 0 Å². The first-order chi connectivity index (χ1) is 8.35. The van der Waals surface area contributed by atoms with Crippen LogP contribution < -0.4 is 10.5 Å². The van der Waals surface area contributed by atoms with Gasteiger partial charge in [-0.1, -0.05) is 19.8 Å². The van der Waals surface area contributed by atoms with Crippen molar-refractivity contribution in [1.29, 1.82) is 0 Å². The number of hydrogen-bond donors (Lipinski definition) is 2. The Labute approximate surface area is 111 Å². The molecule has 3 atom stereocenters. The third-order valence-corrected chi connectivity index (χ3v) is 5.66. The van der Waals surface area contributed by atoms with Gasteiger partial charge in [0.15, 0.2) is 0 Å². The van der Waals surface area contributed by atoms with Crippen molar-refractivity contribution < 1.29 is 13.2 Å². The van der Waals surface area contributed by atoms with Crippen LogP contribution in [-0.2, 0) is 14.8 Å². The molecule has 0 spiro atoms. The molecule has 0 heterocycles. The molecular formula is C12H26N2O3S. The molecule has 0 aromatic heterocycles. The van der Waals surface area contributed by atoms with Gasteiger partial charge in [-0.05, 0) is 25.7 Å². The zero-order chi connectivity index (χ0) is 13.8. The van der Waals surface area contributed by atoms with Crippen LogP contribution in [0.2, 0.25) is 0 Å². The zero-order valence-corrected chi connectivity index (χ0v) is 12.4.